The van der Waals surface area contributed by atoms with E-state index >= 15 is 0 Å². The van der Waals surface area contributed by atoms with Crippen LogP contribution >= 0.6 is 0 Å². The van der Waals surface area contributed by atoms with Crippen molar-refractivity contribution in [1.82, 2.24) is 15.2 Å². The van der Waals surface area contributed by atoms with Crippen molar-refractivity contribution in [1.29, 1.82) is 0 Å². The van der Waals surface area contributed by atoms with Crippen LogP contribution < -0.4 is 10.2 Å². The first-order chi connectivity index (χ1) is 15.1. The van der Waals surface area contributed by atoms with Crippen LogP contribution in [0, 0.1) is 11.7 Å². The molecule has 1 N–H and O–H groups in total. The number of pyridine rings is 1. The fraction of sp³-hybridized carbons (Fsp3) is 0.458. The van der Waals surface area contributed by atoms with Crippen LogP contribution in [-0.2, 0) is 11.3 Å². The van der Waals surface area contributed by atoms with Gasteiger partial charge >= 0.3 is 0 Å². The minimum atomic E-state index is -0.282. The van der Waals surface area contributed by atoms with Gasteiger partial charge in [-0.15, -0.1) is 0 Å². The highest BCUT2D eigenvalue weighted by Crippen LogP contribution is 2.26. The third kappa shape index (κ3) is 5.21. The van der Waals surface area contributed by atoms with Gasteiger partial charge in [0.1, 0.15) is 11.6 Å². The monoisotopic (exact) mass is 424 g/mol. The van der Waals surface area contributed by atoms with Crippen molar-refractivity contribution in [3.05, 3.63) is 59.5 Å². The third-order valence-electron chi connectivity index (χ3n) is 6.21. The van der Waals surface area contributed by atoms with E-state index in [0.29, 0.717) is 38.0 Å². The van der Waals surface area contributed by atoms with E-state index in [1.807, 2.05) is 17.0 Å². The van der Waals surface area contributed by atoms with Gasteiger partial charge in [-0.1, -0.05) is 12.1 Å². The minimum absolute atomic E-state index is 0.0228. The topological polar surface area (TPSA) is 65.5 Å². The summed E-state index contributed by atoms with van der Waals surface area (Å²) >= 11 is 0. The lowest BCUT2D eigenvalue weighted by molar-refractivity contribution is -0.125. The lowest BCUT2D eigenvalue weighted by Gasteiger charge is -2.34. The Morgan fingerprint density at radius 1 is 1.00 bits per heavy atom. The molecule has 6 nitrogen and oxygen atoms in total. The molecule has 1 aromatic heterocycles. The number of anilines is 1. The van der Waals surface area contributed by atoms with Gasteiger partial charge in [0.2, 0.25) is 5.91 Å². The molecule has 0 atom stereocenters. The molecule has 3 heterocycles. The first kappa shape index (κ1) is 21.3. The van der Waals surface area contributed by atoms with Gasteiger partial charge in [0.15, 0.2) is 0 Å². The second-order valence-corrected chi connectivity index (χ2v) is 8.33. The highest BCUT2D eigenvalue weighted by Gasteiger charge is 2.29. The molecular formula is C24H29FN4O2. The van der Waals surface area contributed by atoms with E-state index < -0.39 is 0 Å². The van der Waals surface area contributed by atoms with Crippen LogP contribution in [0.1, 0.15) is 48.0 Å². The molecule has 164 valence electrons. The van der Waals surface area contributed by atoms with Crippen molar-refractivity contribution in [3.8, 4) is 0 Å². The molecule has 0 radical (unpaired) electrons. The Kier molecular flexibility index (Phi) is 6.79. The predicted molar refractivity (Wildman–Crippen MR) is 117 cm³/mol. The molecule has 2 saturated heterocycles. The van der Waals surface area contributed by atoms with Crippen LogP contribution in [0.4, 0.5) is 10.2 Å². The molecule has 2 aliphatic heterocycles. The number of carbonyl (C=O) groups is 2. The Morgan fingerprint density at radius 3 is 2.42 bits per heavy atom. The van der Waals surface area contributed by atoms with Gasteiger partial charge in [0.05, 0.1) is 5.56 Å². The summed E-state index contributed by atoms with van der Waals surface area (Å²) in [5.74, 6) is 0.455. The number of nitrogens with one attached hydrogen (secondary N) is 1. The van der Waals surface area contributed by atoms with Crippen molar-refractivity contribution in [2.24, 2.45) is 5.92 Å². The number of aromatic nitrogens is 1. The Balaban J connectivity index is 1.34. The van der Waals surface area contributed by atoms with Crippen molar-refractivity contribution in [2.75, 3.05) is 31.1 Å². The van der Waals surface area contributed by atoms with E-state index in [1.54, 1.807) is 18.3 Å². The maximum atomic E-state index is 13.0. The van der Waals surface area contributed by atoms with Gasteiger partial charge in [-0.05, 0) is 61.9 Å². The Labute approximate surface area is 182 Å². The number of hydrogen-bond acceptors (Lipinski definition) is 4. The lowest BCUT2D eigenvalue weighted by Crippen LogP contribution is -2.42. The van der Waals surface area contributed by atoms with Crippen LogP contribution in [0.2, 0.25) is 0 Å². The number of benzene rings is 1. The molecule has 1 aromatic carbocycles. The number of amides is 2. The summed E-state index contributed by atoms with van der Waals surface area (Å²) in [6.07, 6.45) is 6.44. The molecule has 7 heteroatoms. The molecule has 0 spiro atoms. The highest BCUT2D eigenvalue weighted by atomic mass is 19.1. The number of piperidine rings is 2. The summed E-state index contributed by atoms with van der Waals surface area (Å²) in [4.78, 5) is 34.2. The molecule has 0 unspecified atom stereocenters. The highest BCUT2D eigenvalue weighted by molar-refractivity contribution is 5.99. The molecule has 2 aromatic rings. The first-order valence-corrected chi connectivity index (χ1v) is 11.1. The second kappa shape index (κ2) is 9.90. The van der Waals surface area contributed by atoms with Crippen molar-refractivity contribution >= 4 is 17.6 Å². The first-order valence-electron chi connectivity index (χ1n) is 11.1. The predicted octanol–water partition coefficient (Wildman–Crippen LogP) is 3.38. The number of halogens is 1. The molecule has 4 rings (SSSR count). The Bertz CT molecular complexity index is 904. The number of carbonyl (C=O) groups excluding carboxylic acids is 2. The largest absolute Gasteiger partial charge is 0.356 e. The smallest absolute Gasteiger partial charge is 0.257 e. The Morgan fingerprint density at radius 2 is 1.71 bits per heavy atom. The van der Waals surface area contributed by atoms with E-state index in [4.69, 9.17) is 0 Å². The molecule has 31 heavy (non-hydrogen) atoms. The standard InChI is InChI=1S/C24H29FN4O2/c25-20-8-6-18(7-9-20)17-27-23(30)19-10-15-28(16-11-19)22-21(5-4-12-26-22)24(31)29-13-2-1-3-14-29/h4-9,12,19H,1-3,10-11,13-17H2,(H,27,30). The summed E-state index contributed by atoms with van der Waals surface area (Å²) in [5.41, 5.74) is 1.53. The zero-order valence-electron chi connectivity index (χ0n) is 17.7. The van der Waals surface area contributed by atoms with Gasteiger partial charge in [-0.3, -0.25) is 9.59 Å². The van der Waals surface area contributed by atoms with Crippen LogP contribution in [0.3, 0.4) is 0 Å². The normalized spacial score (nSPS) is 17.5. The van der Waals surface area contributed by atoms with Crippen LogP contribution in [0.5, 0.6) is 0 Å². The van der Waals surface area contributed by atoms with E-state index in [0.717, 1.165) is 37.3 Å². The SMILES string of the molecule is O=C(NCc1ccc(F)cc1)C1CCN(c2ncccc2C(=O)N2CCCCC2)CC1. The summed E-state index contributed by atoms with van der Waals surface area (Å²) in [6.45, 7) is 3.39. The second-order valence-electron chi connectivity index (χ2n) is 8.33. The molecule has 2 amide bonds. The number of hydrogen-bond donors (Lipinski definition) is 1. The maximum absolute atomic E-state index is 13.0. The zero-order chi connectivity index (χ0) is 21.6. The number of rotatable bonds is 5. The zero-order valence-corrected chi connectivity index (χ0v) is 17.7. The maximum Gasteiger partial charge on any atom is 0.257 e. The average molecular weight is 425 g/mol. The molecule has 0 saturated carbocycles. The van der Waals surface area contributed by atoms with Gasteiger partial charge in [-0.25, -0.2) is 9.37 Å². The average Bonchev–Trinajstić information content (AvgIpc) is 2.84. The van der Waals surface area contributed by atoms with E-state index in [1.165, 1.54) is 18.6 Å². The number of nitrogens with zero attached hydrogens (tertiary/aromatic N) is 3. The van der Waals surface area contributed by atoms with E-state index in [2.05, 4.69) is 15.2 Å². The Hall–Kier alpha value is -2.96. The molecule has 0 bridgehead atoms. The van der Waals surface area contributed by atoms with Crippen LogP contribution in [0.25, 0.3) is 0 Å². The fourth-order valence-electron chi connectivity index (χ4n) is 4.37. The lowest BCUT2D eigenvalue weighted by atomic mass is 9.95. The van der Waals surface area contributed by atoms with Crippen molar-refractivity contribution < 1.29 is 14.0 Å². The van der Waals surface area contributed by atoms with Gasteiger partial charge in [0.25, 0.3) is 5.91 Å². The molecule has 2 fully saturated rings. The van der Waals surface area contributed by atoms with Crippen LogP contribution in [-0.4, -0.2) is 47.9 Å². The van der Waals surface area contributed by atoms with Crippen molar-refractivity contribution in [3.63, 3.8) is 0 Å². The van der Waals surface area contributed by atoms with Crippen molar-refractivity contribution in [2.45, 2.75) is 38.6 Å². The van der Waals surface area contributed by atoms with Crippen LogP contribution in [0.15, 0.2) is 42.6 Å². The third-order valence-corrected chi connectivity index (χ3v) is 6.21. The summed E-state index contributed by atoms with van der Waals surface area (Å²) in [7, 11) is 0. The van der Waals surface area contributed by atoms with E-state index in [9.17, 15) is 14.0 Å². The molecular weight excluding hydrogens is 395 g/mol. The van der Waals surface area contributed by atoms with E-state index in [-0.39, 0.29) is 23.5 Å². The molecule has 2 aliphatic rings. The minimum Gasteiger partial charge on any atom is -0.356 e. The summed E-state index contributed by atoms with van der Waals surface area (Å²) in [5, 5.41) is 2.96. The van der Waals surface area contributed by atoms with Gasteiger partial charge in [0, 0.05) is 44.8 Å². The van der Waals surface area contributed by atoms with Gasteiger partial charge in [-0.2, -0.15) is 0 Å². The fourth-order valence-corrected chi connectivity index (χ4v) is 4.37. The molecule has 0 aliphatic carbocycles. The number of likely N-dealkylation sites (tertiary alicyclic amines) is 1. The summed E-state index contributed by atoms with van der Waals surface area (Å²) < 4.78 is 13.0. The summed E-state index contributed by atoms with van der Waals surface area (Å²) in [6, 6.07) is 9.84. The van der Waals surface area contributed by atoms with Gasteiger partial charge < -0.3 is 15.1 Å². The quantitative estimate of drug-likeness (QED) is 0.799.